The number of anilines is 1. The van der Waals surface area contributed by atoms with E-state index < -0.39 is 18.1 Å². The number of hydrogen-bond donors (Lipinski definition) is 3. The Kier molecular flexibility index (Phi) is 8.05. The molecule has 0 saturated carbocycles. The van der Waals surface area contributed by atoms with Gasteiger partial charge in [-0.25, -0.2) is 4.79 Å². The first kappa shape index (κ1) is 25.7. The van der Waals surface area contributed by atoms with Gasteiger partial charge in [-0.05, 0) is 48.4 Å². The molecule has 0 aromatic heterocycles. The van der Waals surface area contributed by atoms with Crippen molar-refractivity contribution in [2.24, 2.45) is 5.73 Å². The van der Waals surface area contributed by atoms with Crippen molar-refractivity contribution in [3.63, 3.8) is 0 Å². The van der Waals surface area contributed by atoms with Gasteiger partial charge in [-0.2, -0.15) is 0 Å². The Labute approximate surface area is 216 Å². The second-order valence-electron chi connectivity index (χ2n) is 8.84. The summed E-state index contributed by atoms with van der Waals surface area (Å²) in [5, 5.41) is 5.72. The minimum Gasteiger partial charge on any atom is -0.497 e. The average Bonchev–Trinajstić information content (AvgIpc) is 3.38. The smallest absolute Gasteiger partial charge is 0.323 e. The normalized spacial score (nSPS) is 14.8. The highest BCUT2D eigenvalue weighted by atomic mass is 16.5. The van der Waals surface area contributed by atoms with E-state index in [0.717, 1.165) is 16.7 Å². The van der Waals surface area contributed by atoms with Crippen LogP contribution in [0.5, 0.6) is 5.75 Å². The number of urea groups is 1. The molecule has 1 fully saturated rings. The standard InChI is InChI=1S/C28H31N5O4/c1-19-9-11-23(12-10-19)31-28(36)33-14-13-32(27(35)22-7-4-8-24(16-22)37-2)26(33)25(34)30-18-21-6-3-5-20(15-21)17-29/h3-12,15-16,26H,13-14,17-18,29H2,1-2H3,(H,30,34)(H,31,36). The van der Waals surface area contributed by atoms with E-state index in [-0.39, 0.29) is 25.5 Å². The molecular weight excluding hydrogens is 470 g/mol. The predicted octanol–water partition coefficient (Wildman–Crippen LogP) is 3.09. The van der Waals surface area contributed by atoms with E-state index in [2.05, 4.69) is 10.6 Å². The lowest BCUT2D eigenvalue weighted by Gasteiger charge is -2.29. The Morgan fingerprint density at radius 3 is 2.38 bits per heavy atom. The number of nitrogens with two attached hydrogens (primary N) is 1. The zero-order chi connectivity index (χ0) is 26.4. The Balaban J connectivity index is 1.57. The van der Waals surface area contributed by atoms with Gasteiger partial charge in [0.15, 0.2) is 6.17 Å². The van der Waals surface area contributed by atoms with Crippen LogP contribution in [0.4, 0.5) is 10.5 Å². The largest absolute Gasteiger partial charge is 0.497 e. The number of ether oxygens (including phenoxy) is 1. The third kappa shape index (κ3) is 6.07. The first-order chi connectivity index (χ1) is 17.9. The summed E-state index contributed by atoms with van der Waals surface area (Å²) < 4.78 is 5.25. The molecule has 1 heterocycles. The Morgan fingerprint density at radius 1 is 0.946 bits per heavy atom. The van der Waals surface area contributed by atoms with Gasteiger partial charge in [0.2, 0.25) is 0 Å². The summed E-state index contributed by atoms with van der Waals surface area (Å²) in [5.41, 5.74) is 9.58. The predicted molar refractivity (Wildman–Crippen MR) is 141 cm³/mol. The number of hydrogen-bond acceptors (Lipinski definition) is 5. The third-order valence-electron chi connectivity index (χ3n) is 6.24. The minimum absolute atomic E-state index is 0.203. The summed E-state index contributed by atoms with van der Waals surface area (Å²) in [6, 6.07) is 21.2. The molecule has 0 aliphatic carbocycles. The van der Waals surface area contributed by atoms with Gasteiger partial charge in [0.25, 0.3) is 11.8 Å². The lowest BCUT2D eigenvalue weighted by Crippen LogP contribution is -2.54. The molecule has 1 aliphatic rings. The van der Waals surface area contributed by atoms with Crippen LogP contribution in [0, 0.1) is 6.92 Å². The summed E-state index contributed by atoms with van der Waals surface area (Å²) in [6.07, 6.45) is -1.12. The van der Waals surface area contributed by atoms with Gasteiger partial charge >= 0.3 is 6.03 Å². The highest BCUT2D eigenvalue weighted by Crippen LogP contribution is 2.22. The summed E-state index contributed by atoms with van der Waals surface area (Å²) in [4.78, 5) is 43.0. The van der Waals surface area contributed by atoms with Gasteiger partial charge < -0.3 is 26.0 Å². The average molecular weight is 502 g/mol. The SMILES string of the molecule is COc1cccc(C(=O)N2CCN(C(=O)Nc3ccc(C)cc3)C2C(=O)NCc2cccc(CN)c2)c1. The van der Waals surface area contributed by atoms with Crippen molar-refractivity contribution in [2.75, 3.05) is 25.5 Å². The van der Waals surface area contributed by atoms with Crippen LogP contribution >= 0.6 is 0 Å². The number of rotatable bonds is 7. The van der Waals surface area contributed by atoms with Crippen molar-refractivity contribution in [1.82, 2.24) is 15.1 Å². The summed E-state index contributed by atoms with van der Waals surface area (Å²) >= 11 is 0. The third-order valence-corrected chi connectivity index (χ3v) is 6.24. The van der Waals surface area contributed by atoms with Gasteiger partial charge in [-0.3, -0.25) is 14.5 Å². The summed E-state index contributed by atoms with van der Waals surface area (Å²) in [5.74, 6) is -0.291. The Morgan fingerprint density at radius 2 is 1.65 bits per heavy atom. The molecule has 192 valence electrons. The molecule has 4 amide bonds. The monoisotopic (exact) mass is 501 g/mol. The maximum Gasteiger partial charge on any atom is 0.323 e. The van der Waals surface area contributed by atoms with Crippen molar-refractivity contribution in [1.29, 1.82) is 0 Å². The molecule has 37 heavy (non-hydrogen) atoms. The van der Waals surface area contributed by atoms with Crippen LogP contribution in [0.25, 0.3) is 0 Å². The number of carbonyl (C=O) groups is 3. The summed E-state index contributed by atoms with van der Waals surface area (Å²) in [6.45, 7) is 2.99. The van der Waals surface area contributed by atoms with Crippen molar-refractivity contribution in [3.05, 3.63) is 95.1 Å². The number of nitrogens with zero attached hydrogens (tertiary/aromatic N) is 2. The topological polar surface area (TPSA) is 117 Å². The molecule has 3 aromatic carbocycles. The van der Waals surface area contributed by atoms with Gasteiger partial charge in [-0.15, -0.1) is 0 Å². The number of aryl methyl sites for hydroxylation is 1. The van der Waals surface area contributed by atoms with Crippen LogP contribution in [-0.2, 0) is 17.9 Å². The van der Waals surface area contributed by atoms with E-state index in [1.165, 1.54) is 16.9 Å². The van der Waals surface area contributed by atoms with E-state index in [4.69, 9.17) is 10.5 Å². The second kappa shape index (κ2) is 11.6. The van der Waals surface area contributed by atoms with E-state index in [9.17, 15) is 14.4 Å². The number of nitrogens with one attached hydrogen (secondary N) is 2. The van der Waals surface area contributed by atoms with Gasteiger partial charge in [-0.1, -0.05) is 48.0 Å². The summed E-state index contributed by atoms with van der Waals surface area (Å²) in [7, 11) is 1.52. The fourth-order valence-electron chi connectivity index (χ4n) is 4.24. The molecule has 3 aromatic rings. The van der Waals surface area contributed by atoms with Gasteiger partial charge in [0.1, 0.15) is 5.75 Å². The van der Waals surface area contributed by atoms with Crippen LogP contribution in [0.1, 0.15) is 27.0 Å². The van der Waals surface area contributed by atoms with Crippen LogP contribution in [0.3, 0.4) is 0 Å². The molecule has 0 radical (unpaired) electrons. The first-order valence-electron chi connectivity index (χ1n) is 12.0. The molecule has 1 aliphatic heterocycles. The lowest BCUT2D eigenvalue weighted by molar-refractivity contribution is -0.128. The van der Waals surface area contributed by atoms with Gasteiger partial charge in [0, 0.05) is 37.4 Å². The molecule has 0 spiro atoms. The van der Waals surface area contributed by atoms with E-state index in [1.807, 2.05) is 43.3 Å². The van der Waals surface area contributed by atoms with Crippen LogP contribution in [-0.4, -0.2) is 54.0 Å². The van der Waals surface area contributed by atoms with Crippen molar-refractivity contribution in [2.45, 2.75) is 26.2 Å². The van der Waals surface area contributed by atoms with E-state index >= 15 is 0 Å². The van der Waals surface area contributed by atoms with Crippen molar-refractivity contribution < 1.29 is 19.1 Å². The van der Waals surface area contributed by atoms with Crippen LogP contribution < -0.4 is 21.1 Å². The number of carbonyl (C=O) groups excluding carboxylic acids is 3. The highest BCUT2D eigenvalue weighted by molar-refractivity contribution is 6.00. The molecule has 4 rings (SSSR count). The minimum atomic E-state index is -1.12. The number of benzene rings is 3. The zero-order valence-corrected chi connectivity index (χ0v) is 20.9. The fraction of sp³-hybridized carbons (Fsp3) is 0.250. The van der Waals surface area contributed by atoms with Crippen molar-refractivity contribution >= 4 is 23.5 Å². The quantitative estimate of drug-likeness (QED) is 0.460. The molecule has 0 bridgehead atoms. The number of amides is 4. The maximum atomic E-state index is 13.5. The zero-order valence-electron chi connectivity index (χ0n) is 20.9. The van der Waals surface area contributed by atoms with E-state index in [0.29, 0.717) is 23.5 Å². The van der Waals surface area contributed by atoms with Crippen LogP contribution in [0.15, 0.2) is 72.8 Å². The lowest BCUT2D eigenvalue weighted by atomic mass is 10.1. The molecule has 1 unspecified atom stereocenters. The first-order valence-corrected chi connectivity index (χ1v) is 12.0. The molecule has 9 heteroatoms. The Hall–Kier alpha value is -4.37. The van der Waals surface area contributed by atoms with Crippen LogP contribution in [0.2, 0.25) is 0 Å². The molecular formula is C28H31N5O4. The Bertz CT molecular complexity index is 1280. The van der Waals surface area contributed by atoms with Crippen molar-refractivity contribution in [3.8, 4) is 5.75 Å². The fourth-order valence-corrected chi connectivity index (χ4v) is 4.24. The number of methoxy groups -OCH3 is 1. The van der Waals surface area contributed by atoms with Gasteiger partial charge in [0.05, 0.1) is 7.11 Å². The molecule has 9 nitrogen and oxygen atoms in total. The maximum absolute atomic E-state index is 13.5. The van der Waals surface area contributed by atoms with E-state index in [1.54, 1.807) is 36.4 Å². The highest BCUT2D eigenvalue weighted by Gasteiger charge is 2.43. The molecule has 1 saturated heterocycles. The second-order valence-corrected chi connectivity index (χ2v) is 8.84. The molecule has 4 N–H and O–H groups in total. The molecule has 1 atom stereocenters.